The van der Waals surface area contributed by atoms with Gasteiger partial charge in [-0.1, -0.05) is 35.9 Å². The summed E-state index contributed by atoms with van der Waals surface area (Å²) in [6.45, 7) is 8.23. The molecule has 0 saturated heterocycles. The van der Waals surface area contributed by atoms with Crippen molar-refractivity contribution in [2.45, 2.75) is 27.7 Å². The van der Waals surface area contributed by atoms with E-state index < -0.39 is 0 Å². The van der Waals surface area contributed by atoms with E-state index in [0.717, 1.165) is 22.3 Å². The normalized spacial score (nSPS) is 11.0. The van der Waals surface area contributed by atoms with Crippen LogP contribution in [0.2, 0.25) is 0 Å². The van der Waals surface area contributed by atoms with Gasteiger partial charge in [-0.3, -0.25) is 4.79 Å². The van der Waals surface area contributed by atoms with Gasteiger partial charge < -0.3 is 9.15 Å². The molecule has 0 radical (unpaired) electrons. The lowest BCUT2D eigenvalue weighted by atomic mass is 10.0. The SMILES string of the molecule is CCOc1c(-c2ccc(C)cc2)oc2c(C)cc(C)cc2c1=O. The molecule has 3 heteroatoms. The molecule has 0 saturated carbocycles. The Bertz CT molecular complexity index is 918. The summed E-state index contributed by atoms with van der Waals surface area (Å²) < 4.78 is 11.7. The lowest BCUT2D eigenvalue weighted by molar-refractivity contribution is 0.330. The minimum absolute atomic E-state index is 0.115. The van der Waals surface area contributed by atoms with Crippen molar-refractivity contribution in [1.29, 1.82) is 0 Å². The predicted molar refractivity (Wildman–Crippen MR) is 93.3 cm³/mol. The van der Waals surface area contributed by atoms with Gasteiger partial charge in [0.05, 0.1) is 12.0 Å². The molecule has 1 aromatic heterocycles. The maximum absolute atomic E-state index is 12.9. The van der Waals surface area contributed by atoms with Crippen molar-refractivity contribution in [2.75, 3.05) is 6.61 Å². The fourth-order valence-corrected chi connectivity index (χ4v) is 2.80. The molecule has 0 aliphatic carbocycles. The van der Waals surface area contributed by atoms with Crippen LogP contribution in [0.3, 0.4) is 0 Å². The molecule has 23 heavy (non-hydrogen) atoms. The van der Waals surface area contributed by atoms with Crippen LogP contribution in [0.4, 0.5) is 0 Å². The standard InChI is InChI=1S/C20H20O3/c1-5-22-20-17(21)16-11-13(3)10-14(4)18(16)23-19(20)15-8-6-12(2)7-9-15/h6-11H,5H2,1-4H3. The van der Waals surface area contributed by atoms with Crippen LogP contribution in [0.15, 0.2) is 45.6 Å². The van der Waals surface area contributed by atoms with Crippen molar-refractivity contribution in [3.05, 3.63) is 63.3 Å². The maximum Gasteiger partial charge on any atom is 0.235 e. The Morgan fingerprint density at radius 2 is 1.70 bits per heavy atom. The summed E-state index contributed by atoms with van der Waals surface area (Å²) >= 11 is 0. The van der Waals surface area contributed by atoms with Gasteiger partial charge in [0.2, 0.25) is 11.2 Å². The van der Waals surface area contributed by atoms with E-state index in [2.05, 4.69) is 0 Å². The van der Waals surface area contributed by atoms with Gasteiger partial charge >= 0.3 is 0 Å². The minimum atomic E-state index is -0.115. The first kappa shape index (κ1) is 15.3. The van der Waals surface area contributed by atoms with E-state index in [-0.39, 0.29) is 11.2 Å². The molecule has 3 rings (SSSR count). The zero-order chi connectivity index (χ0) is 16.6. The lowest BCUT2D eigenvalue weighted by Gasteiger charge is -2.12. The molecule has 1 heterocycles. The highest BCUT2D eigenvalue weighted by molar-refractivity contribution is 5.85. The van der Waals surface area contributed by atoms with Gasteiger partial charge in [-0.25, -0.2) is 0 Å². The molecule has 118 valence electrons. The Labute approximate surface area is 135 Å². The number of ether oxygens (including phenoxy) is 1. The summed E-state index contributed by atoms with van der Waals surface area (Å²) in [5, 5.41) is 0.571. The van der Waals surface area contributed by atoms with Gasteiger partial charge in [0.15, 0.2) is 5.76 Å². The van der Waals surface area contributed by atoms with Crippen molar-refractivity contribution in [3.63, 3.8) is 0 Å². The zero-order valence-electron chi connectivity index (χ0n) is 13.9. The van der Waals surface area contributed by atoms with E-state index >= 15 is 0 Å². The van der Waals surface area contributed by atoms with Crippen LogP contribution >= 0.6 is 0 Å². The topological polar surface area (TPSA) is 39.4 Å². The highest BCUT2D eigenvalue weighted by atomic mass is 16.5. The summed E-state index contributed by atoms with van der Waals surface area (Å²) in [6, 6.07) is 11.8. The molecular formula is C20H20O3. The third-order valence-corrected chi connectivity index (χ3v) is 3.88. The third kappa shape index (κ3) is 2.74. The second kappa shape index (κ2) is 5.92. The van der Waals surface area contributed by atoms with E-state index in [4.69, 9.17) is 9.15 Å². The van der Waals surface area contributed by atoms with Crippen molar-refractivity contribution >= 4 is 11.0 Å². The molecule has 0 aliphatic rings. The summed E-state index contributed by atoms with van der Waals surface area (Å²) in [5.41, 5.74) is 4.50. The van der Waals surface area contributed by atoms with Crippen molar-refractivity contribution in [1.82, 2.24) is 0 Å². The van der Waals surface area contributed by atoms with Crippen LogP contribution in [0.5, 0.6) is 5.75 Å². The van der Waals surface area contributed by atoms with Gasteiger partial charge in [-0.2, -0.15) is 0 Å². The van der Waals surface area contributed by atoms with Crippen LogP contribution in [-0.2, 0) is 0 Å². The maximum atomic E-state index is 12.9. The number of hydrogen-bond acceptors (Lipinski definition) is 3. The number of aryl methyl sites for hydroxylation is 3. The smallest absolute Gasteiger partial charge is 0.235 e. The van der Waals surface area contributed by atoms with E-state index in [0.29, 0.717) is 23.3 Å². The molecule has 3 aromatic rings. The molecule has 3 nitrogen and oxygen atoms in total. The summed E-state index contributed by atoms with van der Waals surface area (Å²) in [7, 11) is 0. The van der Waals surface area contributed by atoms with Crippen molar-refractivity contribution in [3.8, 4) is 17.1 Å². The molecule has 0 fully saturated rings. The van der Waals surface area contributed by atoms with Crippen LogP contribution in [0.1, 0.15) is 23.6 Å². The average Bonchev–Trinajstić information content (AvgIpc) is 2.51. The number of rotatable bonds is 3. The van der Waals surface area contributed by atoms with Crippen LogP contribution in [0, 0.1) is 20.8 Å². The van der Waals surface area contributed by atoms with Crippen LogP contribution < -0.4 is 10.2 Å². The zero-order valence-corrected chi connectivity index (χ0v) is 13.9. The summed E-state index contributed by atoms with van der Waals surface area (Å²) in [4.78, 5) is 12.9. The Kier molecular flexibility index (Phi) is 3.95. The monoisotopic (exact) mass is 308 g/mol. The molecule has 2 aromatic carbocycles. The van der Waals surface area contributed by atoms with Gasteiger partial charge in [-0.15, -0.1) is 0 Å². The quantitative estimate of drug-likeness (QED) is 0.698. The summed E-state index contributed by atoms with van der Waals surface area (Å²) in [6.07, 6.45) is 0. The second-order valence-electron chi connectivity index (χ2n) is 5.85. The Morgan fingerprint density at radius 3 is 2.35 bits per heavy atom. The first-order valence-corrected chi connectivity index (χ1v) is 7.79. The van der Waals surface area contributed by atoms with E-state index in [1.807, 2.05) is 64.1 Å². The molecule has 0 atom stereocenters. The lowest BCUT2D eigenvalue weighted by Crippen LogP contribution is -2.10. The van der Waals surface area contributed by atoms with Crippen LogP contribution in [0.25, 0.3) is 22.3 Å². The van der Waals surface area contributed by atoms with Crippen molar-refractivity contribution in [2.24, 2.45) is 0 Å². The molecule has 0 spiro atoms. The number of benzene rings is 2. The highest BCUT2D eigenvalue weighted by Crippen LogP contribution is 2.32. The molecule has 0 bridgehead atoms. The van der Waals surface area contributed by atoms with Crippen LogP contribution in [-0.4, -0.2) is 6.61 Å². The third-order valence-electron chi connectivity index (χ3n) is 3.88. The Balaban J connectivity index is 2.38. The minimum Gasteiger partial charge on any atom is -0.487 e. The molecule has 0 unspecified atom stereocenters. The molecule has 0 N–H and O–H groups in total. The number of fused-ring (bicyclic) bond motifs is 1. The van der Waals surface area contributed by atoms with Gasteiger partial charge in [0.25, 0.3) is 0 Å². The molecule has 0 aliphatic heterocycles. The largest absolute Gasteiger partial charge is 0.487 e. The summed E-state index contributed by atoms with van der Waals surface area (Å²) in [5.74, 6) is 0.783. The van der Waals surface area contributed by atoms with E-state index in [1.165, 1.54) is 0 Å². The average molecular weight is 308 g/mol. The van der Waals surface area contributed by atoms with Gasteiger partial charge in [-0.05, 0) is 44.9 Å². The molecule has 0 amide bonds. The predicted octanol–water partition coefficient (Wildman–Crippen LogP) is 4.78. The molecular weight excluding hydrogens is 288 g/mol. The Morgan fingerprint density at radius 1 is 1.00 bits per heavy atom. The first-order chi connectivity index (χ1) is 11.0. The highest BCUT2D eigenvalue weighted by Gasteiger charge is 2.18. The van der Waals surface area contributed by atoms with Gasteiger partial charge in [0, 0.05) is 5.56 Å². The van der Waals surface area contributed by atoms with Crippen molar-refractivity contribution < 1.29 is 9.15 Å². The fraction of sp³-hybridized carbons (Fsp3) is 0.250. The first-order valence-electron chi connectivity index (χ1n) is 7.79. The Hall–Kier alpha value is -2.55. The number of hydrogen-bond donors (Lipinski definition) is 0. The van der Waals surface area contributed by atoms with Gasteiger partial charge in [0.1, 0.15) is 5.58 Å². The van der Waals surface area contributed by atoms with E-state index in [9.17, 15) is 4.79 Å². The second-order valence-corrected chi connectivity index (χ2v) is 5.85. The fourth-order valence-electron chi connectivity index (χ4n) is 2.80. The van der Waals surface area contributed by atoms with E-state index in [1.54, 1.807) is 0 Å².